The maximum atomic E-state index is 11.8. The molecule has 5 heteroatoms. The van der Waals surface area contributed by atoms with Crippen molar-refractivity contribution in [2.24, 2.45) is 0 Å². The number of thiol groups is 1. The Labute approximate surface area is 110 Å². The van der Waals surface area contributed by atoms with Crippen LogP contribution >= 0.6 is 12.6 Å². The van der Waals surface area contributed by atoms with E-state index in [9.17, 15) is 4.79 Å². The Kier molecular flexibility index (Phi) is 4.36. The number of rotatable bonds is 1. The van der Waals surface area contributed by atoms with E-state index in [1.807, 2.05) is 20.8 Å². The minimum Gasteiger partial charge on any atom is -0.444 e. The second-order valence-electron chi connectivity index (χ2n) is 5.95. The maximum absolute atomic E-state index is 11.8. The summed E-state index contributed by atoms with van der Waals surface area (Å²) >= 11 is 4.54. The molecule has 1 aliphatic rings. The summed E-state index contributed by atoms with van der Waals surface area (Å²) in [6, 6.07) is 0. The standard InChI is InChI=1S/C12H24N2O2S/c1-11(2,3)16-10(15)13-6-8-14(9-7-13)12(4,5)17/h17H,6-9H2,1-5H3. The third kappa shape index (κ3) is 4.76. The summed E-state index contributed by atoms with van der Waals surface area (Å²) in [6.07, 6.45) is -0.214. The lowest BCUT2D eigenvalue weighted by Crippen LogP contribution is -2.54. The van der Waals surface area contributed by atoms with Crippen LogP contribution in [-0.4, -0.2) is 52.5 Å². The lowest BCUT2D eigenvalue weighted by molar-refractivity contribution is 0.0102. The third-order valence-corrected chi connectivity index (χ3v) is 2.99. The highest BCUT2D eigenvalue weighted by atomic mass is 32.1. The fourth-order valence-corrected chi connectivity index (χ4v) is 1.96. The summed E-state index contributed by atoms with van der Waals surface area (Å²) in [5.41, 5.74) is -0.420. The first-order chi connectivity index (χ1) is 7.59. The van der Waals surface area contributed by atoms with Crippen molar-refractivity contribution in [1.29, 1.82) is 0 Å². The molecule has 1 fully saturated rings. The molecule has 0 aromatic rings. The second kappa shape index (κ2) is 5.06. The van der Waals surface area contributed by atoms with Crippen LogP contribution in [0.25, 0.3) is 0 Å². The molecule has 0 aromatic heterocycles. The number of amides is 1. The smallest absolute Gasteiger partial charge is 0.410 e. The molecule has 100 valence electrons. The molecule has 0 atom stereocenters. The molecule has 0 aliphatic carbocycles. The summed E-state index contributed by atoms with van der Waals surface area (Å²) in [5.74, 6) is 0. The van der Waals surface area contributed by atoms with Crippen molar-refractivity contribution in [2.75, 3.05) is 26.2 Å². The molecule has 0 saturated carbocycles. The number of piperazine rings is 1. The molecule has 1 rings (SSSR count). The Bertz CT molecular complexity index is 273. The topological polar surface area (TPSA) is 32.8 Å². The van der Waals surface area contributed by atoms with Gasteiger partial charge in [-0.05, 0) is 34.6 Å². The van der Waals surface area contributed by atoms with Crippen molar-refractivity contribution in [1.82, 2.24) is 9.80 Å². The monoisotopic (exact) mass is 260 g/mol. The van der Waals surface area contributed by atoms with Crippen molar-refractivity contribution in [3.63, 3.8) is 0 Å². The molecule has 1 amide bonds. The molecule has 0 bridgehead atoms. The van der Waals surface area contributed by atoms with Gasteiger partial charge in [0.2, 0.25) is 0 Å². The molecule has 0 N–H and O–H groups in total. The van der Waals surface area contributed by atoms with Crippen molar-refractivity contribution >= 4 is 18.7 Å². The van der Waals surface area contributed by atoms with Crippen LogP contribution in [-0.2, 0) is 4.74 Å². The van der Waals surface area contributed by atoms with Crippen molar-refractivity contribution < 1.29 is 9.53 Å². The van der Waals surface area contributed by atoms with E-state index in [1.54, 1.807) is 4.90 Å². The van der Waals surface area contributed by atoms with Crippen molar-refractivity contribution in [2.45, 2.75) is 45.1 Å². The summed E-state index contributed by atoms with van der Waals surface area (Å²) < 4.78 is 5.35. The Hall–Kier alpha value is -0.420. The van der Waals surface area contributed by atoms with Crippen LogP contribution in [0.2, 0.25) is 0 Å². The lowest BCUT2D eigenvalue weighted by Gasteiger charge is -2.41. The van der Waals surface area contributed by atoms with Gasteiger partial charge >= 0.3 is 6.09 Å². The molecule has 17 heavy (non-hydrogen) atoms. The van der Waals surface area contributed by atoms with E-state index < -0.39 is 5.60 Å². The fraction of sp³-hybridized carbons (Fsp3) is 0.917. The van der Waals surface area contributed by atoms with Crippen molar-refractivity contribution in [3.05, 3.63) is 0 Å². The van der Waals surface area contributed by atoms with Gasteiger partial charge in [-0.15, -0.1) is 0 Å². The summed E-state index contributed by atoms with van der Waals surface area (Å²) in [4.78, 5) is 15.7. The largest absolute Gasteiger partial charge is 0.444 e. The SMILES string of the molecule is CC(C)(C)OC(=O)N1CCN(C(C)(C)S)CC1. The predicted octanol–water partition coefficient (Wildman–Crippen LogP) is 2.21. The number of carbonyl (C=O) groups excluding carboxylic acids is 1. The predicted molar refractivity (Wildman–Crippen MR) is 72.4 cm³/mol. The van der Waals surface area contributed by atoms with E-state index in [1.165, 1.54) is 0 Å². The normalized spacial score (nSPS) is 19.3. The van der Waals surface area contributed by atoms with Crippen LogP contribution in [0.5, 0.6) is 0 Å². The zero-order chi connectivity index (χ0) is 13.3. The van der Waals surface area contributed by atoms with Crippen LogP contribution in [0, 0.1) is 0 Å². The minimum atomic E-state index is -0.420. The van der Waals surface area contributed by atoms with Gasteiger partial charge in [0.25, 0.3) is 0 Å². The Morgan fingerprint density at radius 1 is 1.06 bits per heavy atom. The zero-order valence-corrected chi connectivity index (χ0v) is 12.4. The molecule has 1 saturated heterocycles. The van der Waals surface area contributed by atoms with E-state index in [0.29, 0.717) is 13.1 Å². The van der Waals surface area contributed by atoms with Gasteiger partial charge in [-0.25, -0.2) is 4.79 Å². The highest BCUT2D eigenvalue weighted by Crippen LogP contribution is 2.21. The molecule has 4 nitrogen and oxygen atoms in total. The van der Waals surface area contributed by atoms with E-state index in [4.69, 9.17) is 4.74 Å². The van der Waals surface area contributed by atoms with Gasteiger partial charge in [0.1, 0.15) is 5.60 Å². The highest BCUT2D eigenvalue weighted by molar-refractivity contribution is 7.81. The van der Waals surface area contributed by atoms with Gasteiger partial charge in [-0.2, -0.15) is 12.6 Å². The Balaban J connectivity index is 2.45. The summed E-state index contributed by atoms with van der Waals surface area (Å²) in [6.45, 7) is 12.9. The van der Waals surface area contributed by atoms with Gasteiger partial charge in [-0.3, -0.25) is 4.90 Å². The summed E-state index contributed by atoms with van der Waals surface area (Å²) in [5, 5.41) is 0. The molecule has 0 unspecified atom stereocenters. The van der Waals surface area contributed by atoms with E-state index in [2.05, 4.69) is 31.4 Å². The second-order valence-corrected chi connectivity index (χ2v) is 7.04. The van der Waals surface area contributed by atoms with Crippen molar-refractivity contribution in [3.8, 4) is 0 Å². The first-order valence-electron chi connectivity index (χ1n) is 6.05. The van der Waals surface area contributed by atoms with Crippen LogP contribution in [0.3, 0.4) is 0 Å². The Morgan fingerprint density at radius 3 is 1.88 bits per heavy atom. The van der Waals surface area contributed by atoms with Crippen LogP contribution < -0.4 is 0 Å². The molecule has 0 aromatic carbocycles. The number of hydrogen-bond donors (Lipinski definition) is 1. The van der Waals surface area contributed by atoms with Gasteiger partial charge in [-0.1, -0.05) is 0 Å². The van der Waals surface area contributed by atoms with Crippen LogP contribution in [0.15, 0.2) is 0 Å². The van der Waals surface area contributed by atoms with Gasteiger partial charge in [0, 0.05) is 26.2 Å². The maximum Gasteiger partial charge on any atom is 0.410 e. The Morgan fingerprint density at radius 2 is 1.53 bits per heavy atom. The van der Waals surface area contributed by atoms with Crippen LogP contribution in [0.1, 0.15) is 34.6 Å². The number of carbonyl (C=O) groups is 1. The molecular weight excluding hydrogens is 236 g/mol. The van der Waals surface area contributed by atoms with E-state index in [-0.39, 0.29) is 11.0 Å². The molecule has 0 radical (unpaired) electrons. The molecular formula is C12H24N2O2S. The first-order valence-corrected chi connectivity index (χ1v) is 6.50. The average molecular weight is 260 g/mol. The molecule has 0 spiro atoms. The lowest BCUT2D eigenvalue weighted by atomic mass is 10.2. The third-order valence-electron chi connectivity index (χ3n) is 2.71. The van der Waals surface area contributed by atoms with Gasteiger partial charge in [0.05, 0.1) is 4.87 Å². The zero-order valence-electron chi connectivity index (χ0n) is 11.5. The van der Waals surface area contributed by atoms with Gasteiger partial charge < -0.3 is 9.64 Å². The van der Waals surface area contributed by atoms with E-state index in [0.717, 1.165) is 13.1 Å². The number of hydrogen-bond acceptors (Lipinski definition) is 4. The highest BCUT2D eigenvalue weighted by Gasteiger charge is 2.30. The van der Waals surface area contributed by atoms with Crippen LogP contribution in [0.4, 0.5) is 4.79 Å². The number of ether oxygens (including phenoxy) is 1. The fourth-order valence-electron chi connectivity index (χ4n) is 1.76. The molecule has 1 heterocycles. The van der Waals surface area contributed by atoms with E-state index >= 15 is 0 Å². The number of nitrogens with zero attached hydrogens (tertiary/aromatic N) is 2. The quantitative estimate of drug-likeness (QED) is 0.734. The average Bonchev–Trinajstić information content (AvgIpc) is 2.14. The molecule has 1 aliphatic heterocycles. The summed E-state index contributed by atoms with van der Waals surface area (Å²) in [7, 11) is 0. The minimum absolute atomic E-state index is 0.125. The first kappa shape index (κ1) is 14.6. The van der Waals surface area contributed by atoms with Gasteiger partial charge in [0.15, 0.2) is 0 Å².